The summed E-state index contributed by atoms with van der Waals surface area (Å²) in [7, 11) is -4.19. The molecule has 0 aliphatic carbocycles. The number of amides is 1. The van der Waals surface area contributed by atoms with Crippen LogP contribution < -0.4 is 10.0 Å². The summed E-state index contributed by atoms with van der Waals surface area (Å²) in [5.41, 5.74) is 0.818. The van der Waals surface area contributed by atoms with Crippen LogP contribution in [0.4, 0.5) is 0 Å². The molecule has 0 saturated carbocycles. The molecule has 222 valence electrons. The Balaban J connectivity index is 3.20. The number of aliphatic carboxylic acids is 2. The van der Waals surface area contributed by atoms with Gasteiger partial charge in [0.1, 0.15) is 0 Å². The van der Waals surface area contributed by atoms with Gasteiger partial charge >= 0.3 is 17.9 Å². The Hall–Kier alpha value is -3.58. The zero-order chi connectivity index (χ0) is 30.5. The van der Waals surface area contributed by atoms with Crippen molar-refractivity contribution >= 4 is 39.6 Å². The van der Waals surface area contributed by atoms with Crippen LogP contribution in [0, 0.1) is 18.8 Å². The monoisotopic (exact) mass is 582 g/mol. The number of hydrogen-bond donors (Lipinski definition) is 4. The van der Waals surface area contributed by atoms with Crippen LogP contribution in [0.1, 0.15) is 58.4 Å². The summed E-state index contributed by atoms with van der Waals surface area (Å²) in [6.07, 6.45) is 0.851. The van der Waals surface area contributed by atoms with Gasteiger partial charge in [-0.2, -0.15) is 0 Å². The van der Waals surface area contributed by atoms with Crippen LogP contribution >= 0.6 is 0 Å². The molecule has 1 amide bonds. The lowest BCUT2D eigenvalue weighted by molar-refractivity contribution is -0.139. The van der Waals surface area contributed by atoms with Crippen LogP contribution in [0.2, 0.25) is 0 Å². The Bertz CT molecular complexity index is 1180. The van der Waals surface area contributed by atoms with Crippen molar-refractivity contribution in [1.29, 1.82) is 0 Å². The molecule has 0 heterocycles. The molecule has 0 aliphatic heterocycles. The Morgan fingerprint density at radius 1 is 1.00 bits per heavy atom. The molecule has 1 rings (SSSR count). The van der Waals surface area contributed by atoms with Crippen LogP contribution in [0.15, 0.2) is 41.3 Å². The minimum Gasteiger partial charge on any atom is -0.481 e. The lowest BCUT2D eigenvalue weighted by atomic mass is 9.84. The van der Waals surface area contributed by atoms with Crippen molar-refractivity contribution in [2.45, 2.75) is 76.8 Å². The van der Waals surface area contributed by atoms with Crippen molar-refractivity contribution in [3.8, 4) is 0 Å². The average molecular weight is 583 g/mol. The maximum Gasteiger partial charge on any atom is 0.330 e. The number of nitrogens with one attached hydrogen (secondary N) is 2. The number of ketones is 1. The molecule has 1 aromatic rings. The second-order valence-electron chi connectivity index (χ2n) is 9.41. The van der Waals surface area contributed by atoms with Crippen LogP contribution in [-0.2, 0) is 38.7 Å². The van der Waals surface area contributed by atoms with Gasteiger partial charge in [-0.1, -0.05) is 44.0 Å². The first-order valence-corrected chi connectivity index (χ1v) is 14.4. The van der Waals surface area contributed by atoms with Crippen molar-refractivity contribution in [2.24, 2.45) is 11.8 Å². The molecular weight excluding hydrogens is 544 g/mol. The van der Waals surface area contributed by atoms with E-state index in [0.29, 0.717) is 6.42 Å². The minimum atomic E-state index is -4.19. The molecule has 40 heavy (non-hydrogen) atoms. The number of benzene rings is 1. The number of hydrogen-bond acceptors (Lipinski definition) is 8. The summed E-state index contributed by atoms with van der Waals surface area (Å²) in [4.78, 5) is 60.6. The molecular formula is C27H38N2O10S. The number of ether oxygens (including phenoxy) is 1. The smallest absolute Gasteiger partial charge is 0.330 e. The van der Waals surface area contributed by atoms with Gasteiger partial charge in [0.15, 0.2) is 5.78 Å². The van der Waals surface area contributed by atoms with Gasteiger partial charge in [0.25, 0.3) is 0 Å². The number of carbonyl (C=O) groups is 5. The number of carbonyl (C=O) groups excluding carboxylic acids is 3. The molecule has 1 aromatic carbocycles. The van der Waals surface area contributed by atoms with Gasteiger partial charge in [0.05, 0.1) is 30.0 Å². The Morgan fingerprint density at radius 3 is 2.15 bits per heavy atom. The number of carboxylic acid groups (broad SMARTS) is 2. The zero-order valence-corrected chi connectivity index (χ0v) is 23.9. The highest BCUT2D eigenvalue weighted by Gasteiger charge is 2.33. The highest BCUT2D eigenvalue weighted by Crippen LogP contribution is 2.23. The van der Waals surface area contributed by atoms with E-state index in [9.17, 15) is 37.5 Å². The van der Waals surface area contributed by atoms with Crippen molar-refractivity contribution in [3.05, 3.63) is 42.0 Å². The van der Waals surface area contributed by atoms with E-state index < -0.39 is 76.9 Å². The van der Waals surface area contributed by atoms with Crippen molar-refractivity contribution in [3.63, 3.8) is 0 Å². The summed E-state index contributed by atoms with van der Waals surface area (Å²) in [5.74, 6) is -5.90. The third-order valence-corrected chi connectivity index (χ3v) is 7.71. The second kappa shape index (κ2) is 16.5. The van der Waals surface area contributed by atoms with E-state index in [4.69, 9.17) is 9.84 Å². The van der Waals surface area contributed by atoms with E-state index in [1.807, 2.05) is 0 Å². The van der Waals surface area contributed by atoms with Gasteiger partial charge < -0.3 is 20.3 Å². The number of aryl methyl sites for hydroxylation is 1. The van der Waals surface area contributed by atoms with E-state index in [1.54, 1.807) is 39.8 Å². The summed E-state index contributed by atoms with van der Waals surface area (Å²) in [6.45, 7) is 6.97. The van der Waals surface area contributed by atoms with Crippen LogP contribution in [0.5, 0.6) is 0 Å². The average Bonchev–Trinajstić information content (AvgIpc) is 2.87. The van der Waals surface area contributed by atoms with Crippen LogP contribution in [-0.4, -0.2) is 66.9 Å². The normalized spacial score (nSPS) is 14.6. The largest absolute Gasteiger partial charge is 0.481 e. The van der Waals surface area contributed by atoms with Crippen molar-refractivity contribution in [1.82, 2.24) is 10.0 Å². The van der Waals surface area contributed by atoms with Crippen LogP contribution in [0.25, 0.3) is 0 Å². The molecule has 13 heteroatoms. The topological polar surface area (TPSA) is 193 Å². The highest BCUT2D eigenvalue weighted by atomic mass is 32.2. The molecule has 12 nitrogen and oxygen atoms in total. The summed E-state index contributed by atoms with van der Waals surface area (Å²) >= 11 is 0. The zero-order valence-electron chi connectivity index (χ0n) is 23.1. The van der Waals surface area contributed by atoms with Gasteiger partial charge in [0, 0.05) is 24.8 Å². The van der Waals surface area contributed by atoms with Gasteiger partial charge in [-0.3, -0.25) is 19.2 Å². The molecule has 4 N–H and O–H groups in total. The summed E-state index contributed by atoms with van der Waals surface area (Å²) in [5, 5.41) is 20.9. The Morgan fingerprint density at radius 2 is 1.62 bits per heavy atom. The van der Waals surface area contributed by atoms with E-state index in [0.717, 1.165) is 11.6 Å². The number of Topliss-reactive ketones (excluding diaryl/α,β-unsaturated/α-hetero) is 1. The molecule has 4 atom stereocenters. The highest BCUT2D eigenvalue weighted by molar-refractivity contribution is 7.89. The fourth-order valence-electron chi connectivity index (χ4n) is 3.75. The molecule has 0 spiro atoms. The fraction of sp³-hybridized carbons (Fsp3) is 0.519. The predicted octanol–water partition coefficient (Wildman–Crippen LogP) is 2.21. The maximum atomic E-state index is 13.3. The lowest BCUT2D eigenvalue weighted by Crippen LogP contribution is -2.45. The van der Waals surface area contributed by atoms with Crippen molar-refractivity contribution in [2.75, 3.05) is 6.61 Å². The molecule has 0 aromatic heterocycles. The molecule has 0 fully saturated rings. The number of esters is 1. The fourth-order valence-corrected chi connectivity index (χ4v) is 5.01. The first-order valence-electron chi connectivity index (χ1n) is 12.9. The molecule has 0 radical (unpaired) electrons. The van der Waals surface area contributed by atoms with E-state index in [-0.39, 0.29) is 23.8 Å². The van der Waals surface area contributed by atoms with Gasteiger partial charge in [-0.05, 0) is 38.3 Å². The number of sulfonamides is 1. The maximum absolute atomic E-state index is 13.3. The van der Waals surface area contributed by atoms with Gasteiger partial charge in [-0.15, -0.1) is 0 Å². The molecule has 1 unspecified atom stereocenters. The minimum absolute atomic E-state index is 0.104. The molecule has 0 bridgehead atoms. The number of carboxylic acids is 2. The van der Waals surface area contributed by atoms with E-state index in [1.165, 1.54) is 18.2 Å². The molecule has 0 aliphatic rings. The first-order chi connectivity index (χ1) is 18.7. The van der Waals surface area contributed by atoms with Gasteiger partial charge in [-0.25, -0.2) is 17.9 Å². The van der Waals surface area contributed by atoms with Crippen molar-refractivity contribution < 1.29 is 47.3 Å². The van der Waals surface area contributed by atoms with E-state index >= 15 is 0 Å². The third kappa shape index (κ3) is 12.1. The van der Waals surface area contributed by atoms with Gasteiger partial charge in [0.2, 0.25) is 15.9 Å². The first kappa shape index (κ1) is 34.4. The Labute approximate surface area is 234 Å². The quantitative estimate of drug-likeness (QED) is 0.147. The summed E-state index contributed by atoms with van der Waals surface area (Å²) in [6, 6.07) is 3.38. The Kier molecular flexibility index (Phi) is 14.2. The second-order valence-corrected chi connectivity index (χ2v) is 11.1. The predicted molar refractivity (Wildman–Crippen MR) is 145 cm³/mol. The SMILES string of the molecule is CCOC(=O)/C=C/[C@H](CC(=O)O)NC(=O)[C@@H](CC(=O)[C@H](CCC(=O)O)NS(=O)(=O)c1ccc(C)cc1)C(C)CC. The summed E-state index contributed by atoms with van der Waals surface area (Å²) < 4.78 is 32.9. The molecule has 0 saturated heterocycles. The van der Waals surface area contributed by atoms with Crippen LogP contribution in [0.3, 0.4) is 0 Å². The third-order valence-electron chi connectivity index (χ3n) is 6.23. The standard InChI is InChI=1S/C27H38N2O10S/c1-5-18(4)21(27(36)28-19(15-25(33)34)9-14-26(35)39-6-2)16-23(30)22(12-13-24(31)32)29-40(37,38)20-10-7-17(3)8-11-20/h7-11,14,18-19,21-22,29H,5-6,12-13,15-16H2,1-4H3,(H,28,36)(H,31,32)(H,33,34)/b14-9+/t18?,19-,21+,22+/m1/s1. The number of rotatable bonds is 18. The van der Waals surface area contributed by atoms with E-state index in [2.05, 4.69) is 10.0 Å². The lowest BCUT2D eigenvalue weighted by Gasteiger charge is -2.26.